The highest BCUT2D eigenvalue weighted by Gasteiger charge is 2.32. The van der Waals surface area contributed by atoms with Gasteiger partial charge in [-0.05, 0) is 5.92 Å². The summed E-state index contributed by atoms with van der Waals surface area (Å²) in [7, 11) is 0. The molecule has 0 unspecified atom stereocenters. The molecule has 76 valence electrons. The molecule has 1 aliphatic heterocycles. The van der Waals surface area contributed by atoms with Crippen LogP contribution in [0.1, 0.15) is 26.7 Å². The van der Waals surface area contributed by atoms with Gasteiger partial charge in [0.15, 0.2) is 0 Å². The van der Waals surface area contributed by atoms with Gasteiger partial charge >= 0.3 is 5.97 Å². The van der Waals surface area contributed by atoms with E-state index in [0.29, 0.717) is 17.0 Å². The largest absolute Gasteiger partial charge is 0.480 e. The Hall–Kier alpha value is -0.220. The number of thioether (sulfide) groups is 1. The fourth-order valence-corrected chi connectivity index (χ4v) is 3.18. The SMILES string of the molecule is CCC(CC)[C@@H]1N[C@H](C(=O)O)CS1. The summed E-state index contributed by atoms with van der Waals surface area (Å²) >= 11 is 1.74. The molecule has 0 aromatic carbocycles. The van der Waals surface area contributed by atoms with Crippen molar-refractivity contribution < 1.29 is 9.90 Å². The van der Waals surface area contributed by atoms with Crippen LogP contribution in [0.5, 0.6) is 0 Å². The molecule has 0 bridgehead atoms. The Bertz CT molecular complexity index is 182. The third kappa shape index (κ3) is 2.61. The summed E-state index contributed by atoms with van der Waals surface area (Å²) < 4.78 is 0. The highest BCUT2D eigenvalue weighted by atomic mass is 32.2. The number of rotatable bonds is 4. The fourth-order valence-electron chi connectivity index (χ4n) is 1.63. The van der Waals surface area contributed by atoms with Gasteiger partial charge in [0.25, 0.3) is 0 Å². The summed E-state index contributed by atoms with van der Waals surface area (Å²) in [6.45, 7) is 4.31. The van der Waals surface area contributed by atoms with Crippen molar-refractivity contribution in [2.45, 2.75) is 38.1 Å². The first-order chi connectivity index (χ1) is 6.19. The Labute approximate surface area is 83.3 Å². The van der Waals surface area contributed by atoms with Gasteiger partial charge in [-0.15, -0.1) is 11.8 Å². The minimum absolute atomic E-state index is 0.337. The van der Waals surface area contributed by atoms with Crippen LogP contribution in [0.4, 0.5) is 0 Å². The number of carboxylic acid groups (broad SMARTS) is 1. The second-order valence-electron chi connectivity index (χ2n) is 3.39. The summed E-state index contributed by atoms with van der Waals surface area (Å²) in [6, 6.07) is -0.337. The first-order valence-corrected chi connectivity index (χ1v) is 5.84. The lowest BCUT2D eigenvalue weighted by atomic mass is 10.0. The van der Waals surface area contributed by atoms with Gasteiger partial charge in [0.2, 0.25) is 0 Å². The number of aliphatic carboxylic acids is 1. The number of nitrogens with one attached hydrogen (secondary N) is 1. The Morgan fingerprint density at radius 1 is 1.62 bits per heavy atom. The van der Waals surface area contributed by atoms with Gasteiger partial charge in [0.05, 0.1) is 5.37 Å². The maximum atomic E-state index is 10.7. The molecule has 0 saturated carbocycles. The lowest BCUT2D eigenvalue weighted by Crippen LogP contribution is -2.39. The zero-order chi connectivity index (χ0) is 9.84. The quantitative estimate of drug-likeness (QED) is 0.727. The van der Waals surface area contributed by atoms with Gasteiger partial charge in [-0.2, -0.15) is 0 Å². The van der Waals surface area contributed by atoms with Crippen LogP contribution in [0.3, 0.4) is 0 Å². The van der Waals surface area contributed by atoms with Crippen molar-refractivity contribution in [2.24, 2.45) is 5.92 Å². The predicted molar refractivity (Wildman–Crippen MR) is 54.9 cm³/mol. The maximum Gasteiger partial charge on any atom is 0.321 e. The minimum atomic E-state index is -0.721. The van der Waals surface area contributed by atoms with Crippen LogP contribution < -0.4 is 5.32 Å². The van der Waals surface area contributed by atoms with Crippen molar-refractivity contribution in [3.8, 4) is 0 Å². The topological polar surface area (TPSA) is 49.3 Å². The number of hydrogen-bond donors (Lipinski definition) is 2. The summed E-state index contributed by atoms with van der Waals surface area (Å²) in [4.78, 5) is 10.7. The average molecular weight is 203 g/mol. The first kappa shape index (κ1) is 10.9. The second-order valence-corrected chi connectivity index (χ2v) is 4.56. The molecule has 2 N–H and O–H groups in total. The Balaban J connectivity index is 2.43. The molecule has 1 saturated heterocycles. The third-order valence-corrected chi connectivity index (χ3v) is 3.99. The molecular formula is C9H17NO2S. The van der Waals surface area contributed by atoms with Gasteiger partial charge in [-0.3, -0.25) is 10.1 Å². The predicted octanol–water partition coefficient (Wildman–Crippen LogP) is 1.54. The molecule has 0 aliphatic carbocycles. The lowest BCUT2D eigenvalue weighted by Gasteiger charge is -2.20. The van der Waals surface area contributed by atoms with Crippen molar-refractivity contribution in [3.05, 3.63) is 0 Å². The van der Waals surface area contributed by atoms with E-state index < -0.39 is 5.97 Å². The van der Waals surface area contributed by atoms with Crippen molar-refractivity contribution in [2.75, 3.05) is 5.75 Å². The molecular weight excluding hydrogens is 186 g/mol. The normalized spacial score (nSPS) is 28.2. The van der Waals surface area contributed by atoms with Crippen molar-refractivity contribution in [1.82, 2.24) is 5.32 Å². The highest BCUT2D eigenvalue weighted by Crippen LogP contribution is 2.28. The molecule has 0 aromatic heterocycles. The van der Waals surface area contributed by atoms with Crippen LogP contribution in [0.2, 0.25) is 0 Å². The van der Waals surface area contributed by atoms with Crippen LogP contribution in [-0.4, -0.2) is 28.2 Å². The van der Waals surface area contributed by atoms with E-state index in [1.165, 1.54) is 0 Å². The van der Waals surface area contributed by atoms with E-state index in [0.717, 1.165) is 12.8 Å². The molecule has 1 fully saturated rings. The monoisotopic (exact) mass is 203 g/mol. The van der Waals surface area contributed by atoms with E-state index >= 15 is 0 Å². The molecule has 3 nitrogen and oxygen atoms in total. The van der Waals surface area contributed by atoms with Crippen molar-refractivity contribution in [1.29, 1.82) is 0 Å². The third-order valence-electron chi connectivity index (χ3n) is 2.58. The second kappa shape index (κ2) is 4.86. The Morgan fingerprint density at radius 2 is 2.23 bits per heavy atom. The average Bonchev–Trinajstić information content (AvgIpc) is 2.56. The van der Waals surface area contributed by atoms with Crippen molar-refractivity contribution >= 4 is 17.7 Å². The molecule has 4 heteroatoms. The zero-order valence-corrected chi connectivity index (χ0v) is 8.93. The number of hydrogen-bond acceptors (Lipinski definition) is 3. The fraction of sp³-hybridized carbons (Fsp3) is 0.889. The molecule has 1 aliphatic rings. The molecule has 1 rings (SSSR count). The van der Waals surface area contributed by atoms with Gasteiger partial charge in [-0.1, -0.05) is 26.7 Å². The van der Waals surface area contributed by atoms with Crippen LogP contribution in [0, 0.1) is 5.92 Å². The molecule has 0 radical (unpaired) electrons. The Morgan fingerprint density at radius 3 is 2.62 bits per heavy atom. The van der Waals surface area contributed by atoms with Gasteiger partial charge < -0.3 is 5.11 Å². The summed E-state index contributed by atoms with van der Waals surface area (Å²) in [5.41, 5.74) is 0. The van der Waals surface area contributed by atoms with E-state index in [1.54, 1.807) is 11.8 Å². The van der Waals surface area contributed by atoms with Crippen LogP contribution in [0.25, 0.3) is 0 Å². The zero-order valence-electron chi connectivity index (χ0n) is 8.12. The summed E-state index contributed by atoms with van der Waals surface area (Å²) in [5.74, 6) is 0.589. The number of carboxylic acids is 1. The molecule has 0 amide bonds. The van der Waals surface area contributed by atoms with Crippen LogP contribution in [-0.2, 0) is 4.79 Å². The molecule has 1 heterocycles. The van der Waals surface area contributed by atoms with Gasteiger partial charge in [-0.25, -0.2) is 0 Å². The van der Waals surface area contributed by atoms with Crippen molar-refractivity contribution in [3.63, 3.8) is 0 Å². The van der Waals surface area contributed by atoms with Crippen LogP contribution in [0.15, 0.2) is 0 Å². The molecule has 2 atom stereocenters. The van der Waals surface area contributed by atoms with E-state index in [2.05, 4.69) is 19.2 Å². The lowest BCUT2D eigenvalue weighted by molar-refractivity contribution is -0.138. The molecule has 0 spiro atoms. The van der Waals surface area contributed by atoms with E-state index in [4.69, 9.17) is 5.11 Å². The summed E-state index contributed by atoms with van der Waals surface area (Å²) in [6.07, 6.45) is 2.24. The van der Waals surface area contributed by atoms with E-state index in [9.17, 15) is 4.79 Å². The maximum absolute atomic E-state index is 10.7. The smallest absolute Gasteiger partial charge is 0.321 e. The minimum Gasteiger partial charge on any atom is -0.480 e. The molecule has 0 aromatic rings. The Kier molecular flexibility index (Phi) is 4.06. The highest BCUT2D eigenvalue weighted by molar-refractivity contribution is 8.00. The first-order valence-electron chi connectivity index (χ1n) is 4.79. The van der Waals surface area contributed by atoms with Crippen LogP contribution >= 0.6 is 11.8 Å². The standard InChI is InChI=1S/C9H17NO2S/c1-3-6(4-2)8-10-7(5-13-8)9(11)12/h6-8,10H,3-5H2,1-2H3,(H,11,12)/t7-,8+/m0/s1. The van der Waals surface area contributed by atoms with E-state index in [1.807, 2.05) is 0 Å². The van der Waals surface area contributed by atoms with E-state index in [-0.39, 0.29) is 6.04 Å². The van der Waals surface area contributed by atoms with Gasteiger partial charge in [0.1, 0.15) is 6.04 Å². The summed E-state index contributed by atoms with van der Waals surface area (Å²) in [5, 5.41) is 12.3. The van der Waals surface area contributed by atoms with Gasteiger partial charge in [0, 0.05) is 5.75 Å². The molecule has 13 heavy (non-hydrogen) atoms. The number of carbonyl (C=O) groups is 1.